The second-order valence-electron chi connectivity index (χ2n) is 4.50. The highest BCUT2D eigenvalue weighted by Gasteiger charge is 2.11. The largest absolute Gasteiger partial charge is 0.497 e. The van der Waals surface area contributed by atoms with E-state index in [1.165, 1.54) is 4.88 Å². The van der Waals surface area contributed by atoms with E-state index in [1.807, 2.05) is 18.2 Å². The van der Waals surface area contributed by atoms with Gasteiger partial charge in [0, 0.05) is 17.5 Å². The number of hydrogen-bond donors (Lipinski definition) is 0. The van der Waals surface area contributed by atoms with E-state index >= 15 is 0 Å². The predicted octanol–water partition coefficient (Wildman–Crippen LogP) is 4.09. The Labute approximate surface area is 126 Å². The smallest absolute Gasteiger partial charge is 0.124 e. The van der Waals surface area contributed by atoms with Gasteiger partial charge in [-0.1, -0.05) is 6.07 Å². The van der Waals surface area contributed by atoms with Crippen molar-refractivity contribution in [2.24, 2.45) is 0 Å². The fraction of sp³-hybridized carbons (Fsp3) is 0.267. The number of hydrogen-bond acceptors (Lipinski definition) is 3. The molecule has 3 rings (SSSR count). The van der Waals surface area contributed by atoms with Crippen LogP contribution in [0.4, 0.5) is 0 Å². The average molecular weight is 307 g/mol. The molecule has 0 unspecified atom stereocenters. The first kappa shape index (κ1) is 13.5. The highest BCUT2D eigenvalue weighted by atomic mass is 35.5. The molecule has 0 saturated heterocycles. The third-order valence-corrected chi connectivity index (χ3v) is 4.49. The first-order chi connectivity index (χ1) is 9.81. The number of imidazole rings is 1. The molecule has 0 amide bonds. The van der Waals surface area contributed by atoms with Crippen molar-refractivity contribution < 1.29 is 4.74 Å². The van der Waals surface area contributed by atoms with Crippen LogP contribution in [0.5, 0.6) is 5.75 Å². The standard InChI is InChI=1S/C15H15ClN2OS/c1-19-11-4-5-13-14(9-11)18(15(10-16)17-13)7-6-12-3-2-8-20-12/h2-5,8-9H,6-7,10H2,1H3. The van der Waals surface area contributed by atoms with Crippen molar-refractivity contribution in [3.8, 4) is 5.75 Å². The van der Waals surface area contributed by atoms with Crippen LogP contribution in [0.1, 0.15) is 10.7 Å². The summed E-state index contributed by atoms with van der Waals surface area (Å²) in [5.74, 6) is 2.17. The van der Waals surface area contributed by atoms with E-state index in [0.717, 1.165) is 35.6 Å². The van der Waals surface area contributed by atoms with Crippen LogP contribution < -0.4 is 4.74 Å². The quantitative estimate of drug-likeness (QED) is 0.664. The molecule has 0 radical (unpaired) electrons. The number of nitrogens with zero attached hydrogens (tertiary/aromatic N) is 2. The minimum atomic E-state index is 0.418. The maximum atomic E-state index is 6.03. The number of halogens is 1. The third kappa shape index (κ3) is 2.53. The molecule has 20 heavy (non-hydrogen) atoms. The zero-order chi connectivity index (χ0) is 13.9. The fourth-order valence-corrected chi connectivity index (χ4v) is 3.21. The van der Waals surface area contributed by atoms with Crippen LogP contribution in [0.25, 0.3) is 11.0 Å². The van der Waals surface area contributed by atoms with Crippen LogP contribution in [0.2, 0.25) is 0 Å². The molecule has 0 fully saturated rings. The zero-order valence-electron chi connectivity index (χ0n) is 11.2. The second kappa shape index (κ2) is 5.85. The van der Waals surface area contributed by atoms with Crippen LogP contribution in [0, 0.1) is 0 Å². The minimum Gasteiger partial charge on any atom is -0.497 e. The van der Waals surface area contributed by atoms with Gasteiger partial charge in [-0.15, -0.1) is 22.9 Å². The lowest BCUT2D eigenvalue weighted by atomic mass is 10.3. The van der Waals surface area contributed by atoms with E-state index in [9.17, 15) is 0 Å². The number of aryl methyl sites for hydroxylation is 2. The van der Waals surface area contributed by atoms with Crippen molar-refractivity contribution >= 4 is 34.0 Å². The van der Waals surface area contributed by atoms with Gasteiger partial charge in [-0.25, -0.2) is 4.98 Å². The Morgan fingerprint density at radius 2 is 2.25 bits per heavy atom. The first-order valence-electron chi connectivity index (χ1n) is 6.43. The molecule has 0 saturated carbocycles. The van der Waals surface area contributed by atoms with Crippen LogP contribution in [0.15, 0.2) is 35.7 Å². The number of aromatic nitrogens is 2. The lowest BCUT2D eigenvalue weighted by molar-refractivity contribution is 0.415. The maximum Gasteiger partial charge on any atom is 0.124 e. The summed E-state index contributed by atoms with van der Waals surface area (Å²) in [4.78, 5) is 5.96. The van der Waals surface area contributed by atoms with Gasteiger partial charge < -0.3 is 9.30 Å². The molecule has 0 N–H and O–H groups in total. The number of methoxy groups -OCH3 is 1. The van der Waals surface area contributed by atoms with E-state index in [1.54, 1.807) is 18.4 Å². The third-order valence-electron chi connectivity index (χ3n) is 3.32. The Morgan fingerprint density at radius 1 is 1.35 bits per heavy atom. The van der Waals surface area contributed by atoms with Gasteiger partial charge in [0.05, 0.1) is 24.0 Å². The lowest BCUT2D eigenvalue weighted by Crippen LogP contribution is -2.04. The monoisotopic (exact) mass is 306 g/mol. The number of rotatable bonds is 5. The van der Waals surface area contributed by atoms with E-state index in [-0.39, 0.29) is 0 Å². The van der Waals surface area contributed by atoms with E-state index in [4.69, 9.17) is 16.3 Å². The molecule has 1 aromatic carbocycles. The summed E-state index contributed by atoms with van der Waals surface area (Å²) < 4.78 is 7.48. The van der Waals surface area contributed by atoms with Crippen molar-refractivity contribution in [3.05, 3.63) is 46.4 Å². The van der Waals surface area contributed by atoms with Crippen molar-refractivity contribution in [2.45, 2.75) is 18.8 Å². The van der Waals surface area contributed by atoms with Crippen LogP contribution in [0.3, 0.4) is 0 Å². The van der Waals surface area contributed by atoms with Crippen LogP contribution in [-0.4, -0.2) is 16.7 Å². The van der Waals surface area contributed by atoms with Crippen molar-refractivity contribution in [1.82, 2.24) is 9.55 Å². The number of ether oxygens (including phenoxy) is 1. The molecule has 0 aliphatic heterocycles. The molecule has 0 atom stereocenters. The first-order valence-corrected chi connectivity index (χ1v) is 7.84. The topological polar surface area (TPSA) is 27.1 Å². The Kier molecular flexibility index (Phi) is 3.94. The Hall–Kier alpha value is -1.52. The number of alkyl halides is 1. The van der Waals surface area contributed by atoms with Crippen molar-refractivity contribution in [2.75, 3.05) is 7.11 Å². The Bertz CT molecular complexity index is 706. The van der Waals surface area contributed by atoms with E-state index in [0.29, 0.717) is 5.88 Å². The van der Waals surface area contributed by atoms with Gasteiger partial charge in [0.25, 0.3) is 0 Å². The summed E-state index contributed by atoms with van der Waals surface area (Å²) in [5.41, 5.74) is 2.05. The highest BCUT2D eigenvalue weighted by molar-refractivity contribution is 7.09. The van der Waals surface area contributed by atoms with Gasteiger partial charge in [0.2, 0.25) is 0 Å². The second-order valence-corrected chi connectivity index (χ2v) is 5.80. The van der Waals surface area contributed by atoms with Gasteiger partial charge in [0.15, 0.2) is 0 Å². The molecule has 0 aliphatic carbocycles. The molecule has 104 valence electrons. The molecule has 3 nitrogen and oxygen atoms in total. The SMILES string of the molecule is COc1ccc2nc(CCl)n(CCc3cccs3)c2c1. The Morgan fingerprint density at radius 3 is 2.95 bits per heavy atom. The van der Waals surface area contributed by atoms with Gasteiger partial charge in [-0.3, -0.25) is 0 Å². The highest BCUT2D eigenvalue weighted by Crippen LogP contribution is 2.23. The Balaban J connectivity index is 1.97. The zero-order valence-corrected chi connectivity index (χ0v) is 12.7. The summed E-state index contributed by atoms with van der Waals surface area (Å²) in [7, 11) is 1.68. The van der Waals surface area contributed by atoms with Gasteiger partial charge in [-0.05, 0) is 30.0 Å². The van der Waals surface area contributed by atoms with E-state index < -0.39 is 0 Å². The van der Waals surface area contributed by atoms with Gasteiger partial charge in [0.1, 0.15) is 11.6 Å². The summed E-state index contributed by atoms with van der Waals surface area (Å²) in [5, 5.41) is 2.10. The average Bonchev–Trinajstić information content (AvgIpc) is 3.11. The molecular weight excluding hydrogens is 292 g/mol. The molecule has 5 heteroatoms. The normalized spacial score (nSPS) is 11.1. The molecule has 0 aliphatic rings. The molecule has 2 aromatic heterocycles. The number of thiophene rings is 1. The summed E-state index contributed by atoms with van der Waals surface area (Å²) in [6, 6.07) is 10.2. The number of fused-ring (bicyclic) bond motifs is 1. The van der Waals surface area contributed by atoms with Crippen LogP contribution >= 0.6 is 22.9 Å². The van der Waals surface area contributed by atoms with Gasteiger partial charge >= 0.3 is 0 Å². The van der Waals surface area contributed by atoms with Crippen molar-refractivity contribution in [3.63, 3.8) is 0 Å². The fourth-order valence-electron chi connectivity index (χ4n) is 2.31. The van der Waals surface area contributed by atoms with Crippen molar-refractivity contribution in [1.29, 1.82) is 0 Å². The molecule has 2 heterocycles. The predicted molar refractivity (Wildman–Crippen MR) is 83.9 cm³/mol. The molecule has 0 bridgehead atoms. The van der Waals surface area contributed by atoms with Crippen LogP contribution in [-0.2, 0) is 18.8 Å². The van der Waals surface area contributed by atoms with E-state index in [2.05, 4.69) is 27.1 Å². The summed E-state index contributed by atoms with van der Waals surface area (Å²) in [6.07, 6.45) is 0.990. The summed E-state index contributed by atoms with van der Waals surface area (Å²) in [6.45, 7) is 0.881. The molecule has 3 aromatic rings. The minimum absolute atomic E-state index is 0.418. The summed E-state index contributed by atoms with van der Waals surface area (Å²) >= 11 is 7.81. The van der Waals surface area contributed by atoms with Gasteiger partial charge in [-0.2, -0.15) is 0 Å². The molecule has 0 spiro atoms. The maximum absolute atomic E-state index is 6.03. The molecular formula is C15H15ClN2OS. The lowest BCUT2D eigenvalue weighted by Gasteiger charge is -2.07. The number of benzene rings is 1.